The molecule has 19 heavy (non-hydrogen) atoms. The van der Waals surface area contributed by atoms with Crippen LogP contribution in [0.25, 0.3) is 11.3 Å². The fourth-order valence-electron chi connectivity index (χ4n) is 1.75. The molecule has 0 atom stereocenters. The molecule has 1 aromatic carbocycles. The molecule has 6 heteroatoms. The summed E-state index contributed by atoms with van der Waals surface area (Å²) in [7, 11) is 1.48. The molecule has 1 aromatic heterocycles. The minimum Gasteiger partial charge on any atom is -0.459 e. The Hall–Kier alpha value is -1.95. The Kier molecular flexibility index (Phi) is 3.53. The second-order valence-corrected chi connectivity index (χ2v) is 4.00. The zero-order valence-corrected chi connectivity index (χ0v) is 10.1. The number of furan rings is 1. The molecule has 0 aliphatic rings. The lowest BCUT2D eigenvalue weighted by molar-refractivity contribution is -0.137. The molecule has 2 aromatic rings. The molecule has 0 spiro atoms. The highest BCUT2D eigenvalue weighted by Gasteiger charge is 2.34. The van der Waals surface area contributed by atoms with Crippen LogP contribution < -0.4 is 5.73 Å². The van der Waals surface area contributed by atoms with Gasteiger partial charge in [-0.05, 0) is 30.3 Å². The Morgan fingerprint density at radius 1 is 1.21 bits per heavy atom. The van der Waals surface area contributed by atoms with Gasteiger partial charge in [0.25, 0.3) is 0 Å². The van der Waals surface area contributed by atoms with E-state index in [1.807, 2.05) is 0 Å². The number of benzene rings is 1. The Morgan fingerprint density at radius 2 is 1.95 bits per heavy atom. The maximum absolute atomic E-state index is 12.9. The van der Waals surface area contributed by atoms with Crippen molar-refractivity contribution in [2.45, 2.75) is 12.8 Å². The molecule has 2 N–H and O–H groups in total. The van der Waals surface area contributed by atoms with Crippen LogP contribution >= 0.6 is 0 Å². The topological polar surface area (TPSA) is 48.4 Å². The lowest BCUT2D eigenvalue weighted by atomic mass is 10.0. The van der Waals surface area contributed by atoms with Crippen molar-refractivity contribution >= 4 is 5.69 Å². The van der Waals surface area contributed by atoms with E-state index in [9.17, 15) is 13.2 Å². The van der Waals surface area contributed by atoms with E-state index in [0.717, 1.165) is 6.07 Å². The van der Waals surface area contributed by atoms with Crippen molar-refractivity contribution < 1.29 is 22.3 Å². The summed E-state index contributed by atoms with van der Waals surface area (Å²) in [5, 5.41) is 0. The van der Waals surface area contributed by atoms with Gasteiger partial charge in [0.15, 0.2) is 0 Å². The summed E-state index contributed by atoms with van der Waals surface area (Å²) in [6.07, 6.45) is -4.49. The number of nitrogen functional groups attached to an aromatic ring is 1. The molecule has 0 bridgehead atoms. The number of hydrogen-bond donors (Lipinski definition) is 1. The van der Waals surface area contributed by atoms with Gasteiger partial charge < -0.3 is 14.9 Å². The zero-order chi connectivity index (χ0) is 14.0. The first kappa shape index (κ1) is 13.5. The van der Waals surface area contributed by atoms with E-state index in [-0.39, 0.29) is 23.6 Å². The van der Waals surface area contributed by atoms with Crippen LogP contribution in [0.3, 0.4) is 0 Å². The molecule has 0 saturated heterocycles. The summed E-state index contributed by atoms with van der Waals surface area (Å²) in [6.45, 7) is 0.205. The summed E-state index contributed by atoms with van der Waals surface area (Å²) in [6, 6.07) is 6.66. The van der Waals surface area contributed by atoms with Gasteiger partial charge in [0.1, 0.15) is 18.1 Å². The molecule has 0 fully saturated rings. The SMILES string of the molecule is COCc1ccc(-c2ccc(N)cc2C(F)(F)F)o1. The van der Waals surface area contributed by atoms with E-state index in [1.54, 1.807) is 6.07 Å². The van der Waals surface area contributed by atoms with Crippen molar-refractivity contribution in [1.29, 1.82) is 0 Å². The fraction of sp³-hybridized carbons (Fsp3) is 0.231. The van der Waals surface area contributed by atoms with Crippen LogP contribution in [0.4, 0.5) is 18.9 Å². The second kappa shape index (κ2) is 4.97. The number of anilines is 1. The van der Waals surface area contributed by atoms with Gasteiger partial charge in [-0.15, -0.1) is 0 Å². The van der Waals surface area contributed by atoms with Crippen molar-refractivity contribution in [2.24, 2.45) is 0 Å². The van der Waals surface area contributed by atoms with Gasteiger partial charge in [0.05, 0.1) is 5.56 Å². The van der Waals surface area contributed by atoms with Crippen LogP contribution in [0.1, 0.15) is 11.3 Å². The van der Waals surface area contributed by atoms with Gasteiger partial charge in [-0.3, -0.25) is 0 Å². The standard InChI is InChI=1S/C13H12F3NO2/c1-18-7-9-3-5-12(19-9)10-4-2-8(17)6-11(10)13(14,15)16/h2-6H,7,17H2,1H3. The molecule has 0 aliphatic heterocycles. The molecule has 0 radical (unpaired) electrons. The summed E-state index contributed by atoms with van der Waals surface area (Å²) < 4.78 is 49.0. The maximum Gasteiger partial charge on any atom is 0.417 e. The maximum atomic E-state index is 12.9. The quantitative estimate of drug-likeness (QED) is 0.866. The van der Waals surface area contributed by atoms with E-state index in [1.165, 1.54) is 25.3 Å². The third-order valence-corrected chi connectivity index (χ3v) is 2.56. The largest absolute Gasteiger partial charge is 0.459 e. The number of ether oxygens (including phenoxy) is 1. The van der Waals surface area contributed by atoms with E-state index in [2.05, 4.69) is 0 Å². The van der Waals surface area contributed by atoms with Gasteiger partial charge in [0, 0.05) is 18.4 Å². The van der Waals surface area contributed by atoms with Gasteiger partial charge in [-0.25, -0.2) is 0 Å². The highest BCUT2D eigenvalue weighted by Crippen LogP contribution is 2.38. The van der Waals surface area contributed by atoms with E-state index < -0.39 is 11.7 Å². The molecule has 0 aliphatic carbocycles. The Labute approximate surface area is 107 Å². The predicted octanol–water partition coefficient (Wildman–Crippen LogP) is 3.69. The zero-order valence-electron chi connectivity index (χ0n) is 10.1. The van der Waals surface area contributed by atoms with Gasteiger partial charge >= 0.3 is 6.18 Å². The molecular formula is C13H12F3NO2. The lowest BCUT2D eigenvalue weighted by Gasteiger charge is -2.12. The number of methoxy groups -OCH3 is 1. The van der Waals surface area contributed by atoms with Crippen LogP contribution in [-0.4, -0.2) is 7.11 Å². The molecular weight excluding hydrogens is 259 g/mol. The fourth-order valence-corrected chi connectivity index (χ4v) is 1.75. The Morgan fingerprint density at radius 3 is 2.58 bits per heavy atom. The van der Waals surface area contributed by atoms with Crippen LogP contribution in [0.15, 0.2) is 34.7 Å². The Balaban J connectivity index is 2.48. The highest BCUT2D eigenvalue weighted by atomic mass is 19.4. The number of nitrogens with two attached hydrogens (primary N) is 1. The minimum atomic E-state index is -4.49. The third-order valence-electron chi connectivity index (χ3n) is 2.56. The van der Waals surface area contributed by atoms with Gasteiger partial charge in [-0.1, -0.05) is 0 Å². The molecule has 1 heterocycles. The first-order valence-electron chi connectivity index (χ1n) is 5.46. The summed E-state index contributed by atoms with van der Waals surface area (Å²) in [5.41, 5.74) is 4.61. The summed E-state index contributed by atoms with van der Waals surface area (Å²) in [4.78, 5) is 0. The molecule has 0 unspecified atom stereocenters. The monoisotopic (exact) mass is 271 g/mol. The van der Waals surface area contributed by atoms with E-state index in [0.29, 0.717) is 5.76 Å². The lowest BCUT2D eigenvalue weighted by Crippen LogP contribution is -2.07. The second-order valence-electron chi connectivity index (χ2n) is 4.00. The highest BCUT2D eigenvalue weighted by molar-refractivity contribution is 5.66. The van der Waals surface area contributed by atoms with Crippen LogP contribution in [0.2, 0.25) is 0 Å². The van der Waals surface area contributed by atoms with Crippen LogP contribution in [0.5, 0.6) is 0 Å². The van der Waals surface area contributed by atoms with Gasteiger partial charge in [-0.2, -0.15) is 13.2 Å². The number of hydrogen-bond acceptors (Lipinski definition) is 3. The van der Waals surface area contributed by atoms with Crippen LogP contribution in [-0.2, 0) is 17.5 Å². The normalized spacial score (nSPS) is 11.8. The number of rotatable bonds is 3. The summed E-state index contributed by atoms with van der Waals surface area (Å²) >= 11 is 0. The molecule has 102 valence electrons. The Bertz CT molecular complexity index is 576. The van der Waals surface area contributed by atoms with Gasteiger partial charge in [0.2, 0.25) is 0 Å². The van der Waals surface area contributed by atoms with Crippen molar-refractivity contribution in [3.05, 3.63) is 41.7 Å². The smallest absolute Gasteiger partial charge is 0.417 e. The van der Waals surface area contributed by atoms with E-state index in [4.69, 9.17) is 14.9 Å². The predicted molar refractivity (Wildman–Crippen MR) is 64.3 cm³/mol. The molecule has 3 nitrogen and oxygen atoms in total. The van der Waals surface area contributed by atoms with Crippen molar-refractivity contribution in [3.8, 4) is 11.3 Å². The van der Waals surface area contributed by atoms with Crippen LogP contribution in [0, 0.1) is 0 Å². The third kappa shape index (κ3) is 2.90. The first-order valence-corrected chi connectivity index (χ1v) is 5.46. The van der Waals surface area contributed by atoms with Crippen molar-refractivity contribution in [3.63, 3.8) is 0 Å². The van der Waals surface area contributed by atoms with E-state index >= 15 is 0 Å². The number of alkyl halides is 3. The first-order chi connectivity index (χ1) is 8.91. The van der Waals surface area contributed by atoms with Crippen molar-refractivity contribution in [2.75, 3.05) is 12.8 Å². The average Bonchev–Trinajstić information content (AvgIpc) is 2.77. The average molecular weight is 271 g/mol. The minimum absolute atomic E-state index is 0.0379. The van der Waals surface area contributed by atoms with Crippen molar-refractivity contribution in [1.82, 2.24) is 0 Å². The number of halogens is 3. The summed E-state index contributed by atoms with van der Waals surface area (Å²) in [5.74, 6) is 0.599. The molecule has 0 saturated carbocycles. The molecule has 0 amide bonds. The molecule has 2 rings (SSSR count).